The molecular formula is C19H21ClN2OS. The predicted octanol–water partition coefficient (Wildman–Crippen LogP) is 3.93. The maximum atomic E-state index is 13.0. The summed E-state index contributed by atoms with van der Waals surface area (Å²) in [4.78, 5) is 18.3. The van der Waals surface area contributed by atoms with Crippen molar-refractivity contribution < 1.29 is 4.79 Å². The maximum absolute atomic E-state index is 13.0. The Morgan fingerprint density at radius 1 is 1.12 bits per heavy atom. The van der Waals surface area contributed by atoms with E-state index >= 15 is 0 Å². The first-order chi connectivity index (χ1) is 11.7. The second-order valence-corrected chi connectivity index (χ2v) is 8.39. The van der Waals surface area contributed by atoms with Gasteiger partial charge in [-0.25, -0.2) is 0 Å². The minimum Gasteiger partial charge on any atom is -0.332 e. The third-order valence-corrected chi connectivity index (χ3v) is 6.16. The zero-order chi connectivity index (χ0) is 16.5. The van der Waals surface area contributed by atoms with E-state index in [9.17, 15) is 4.79 Å². The van der Waals surface area contributed by atoms with Gasteiger partial charge in [-0.05, 0) is 37.0 Å². The lowest BCUT2D eigenvalue weighted by atomic mass is 10.0. The Morgan fingerprint density at radius 3 is 2.58 bits per heavy atom. The molecule has 1 aromatic heterocycles. The van der Waals surface area contributed by atoms with Crippen LogP contribution in [0.2, 0.25) is 4.34 Å². The molecule has 0 radical (unpaired) electrons. The van der Waals surface area contributed by atoms with Crippen molar-refractivity contribution in [2.75, 3.05) is 19.6 Å². The topological polar surface area (TPSA) is 23.6 Å². The molecule has 1 saturated carbocycles. The summed E-state index contributed by atoms with van der Waals surface area (Å²) >= 11 is 7.40. The van der Waals surface area contributed by atoms with Crippen LogP contribution in [0, 0.1) is 0 Å². The quantitative estimate of drug-likeness (QED) is 0.824. The molecule has 0 unspecified atom stereocenters. The summed E-state index contributed by atoms with van der Waals surface area (Å²) in [6.07, 6.45) is 3.54. The normalized spacial score (nSPS) is 21.9. The molecule has 1 amide bonds. The van der Waals surface area contributed by atoms with Crippen molar-refractivity contribution in [1.82, 2.24) is 9.80 Å². The number of piperazine rings is 1. The summed E-state index contributed by atoms with van der Waals surface area (Å²) in [6, 6.07) is 15.1. The average Bonchev–Trinajstić information content (AvgIpc) is 3.36. The lowest BCUT2D eigenvalue weighted by Gasteiger charge is -2.41. The first kappa shape index (κ1) is 16.1. The average molecular weight is 361 g/mol. The Bertz CT molecular complexity index is 713. The van der Waals surface area contributed by atoms with Crippen molar-refractivity contribution >= 4 is 28.8 Å². The highest BCUT2D eigenvalue weighted by atomic mass is 35.5. The van der Waals surface area contributed by atoms with Gasteiger partial charge < -0.3 is 4.90 Å². The fourth-order valence-electron chi connectivity index (χ4n) is 3.55. The smallest absolute Gasteiger partial charge is 0.264 e. The van der Waals surface area contributed by atoms with E-state index in [4.69, 9.17) is 11.6 Å². The van der Waals surface area contributed by atoms with Crippen LogP contribution in [0.4, 0.5) is 0 Å². The number of carbonyl (C=O) groups is 1. The van der Waals surface area contributed by atoms with Crippen LogP contribution in [-0.2, 0) is 6.42 Å². The number of halogens is 1. The van der Waals surface area contributed by atoms with Crippen molar-refractivity contribution in [3.8, 4) is 0 Å². The summed E-state index contributed by atoms with van der Waals surface area (Å²) in [6.45, 7) is 2.77. The monoisotopic (exact) mass is 360 g/mol. The molecule has 0 spiro atoms. The molecule has 1 aliphatic carbocycles. The molecule has 5 heteroatoms. The van der Waals surface area contributed by atoms with Crippen LogP contribution in [0.1, 0.15) is 28.1 Å². The summed E-state index contributed by atoms with van der Waals surface area (Å²) in [7, 11) is 0. The highest BCUT2D eigenvalue weighted by molar-refractivity contribution is 7.17. The Balaban J connectivity index is 1.54. The van der Waals surface area contributed by atoms with Gasteiger partial charge in [-0.2, -0.15) is 0 Å². The molecule has 1 aromatic carbocycles. The number of carbonyl (C=O) groups excluding carboxylic acids is 1. The number of rotatable bonds is 4. The molecule has 4 rings (SSSR count). The van der Waals surface area contributed by atoms with E-state index in [1.165, 1.54) is 29.7 Å². The third kappa shape index (κ3) is 3.51. The molecule has 0 bridgehead atoms. The van der Waals surface area contributed by atoms with Gasteiger partial charge in [-0.15, -0.1) is 11.3 Å². The summed E-state index contributed by atoms with van der Waals surface area (Å²) in [5.74, 6) is 0.128. The SMILES string of the molecule is O=C(c1ccc(Cl)s1)N1CCN(C2CC2)C[C@@H]1Cc1ccccc1. The number of hydrogen-bond acceptors (Lipinski definition) is 3. The Labute approximate surface area is 151 Å². The van der Waals surface area contributed by atoms with Crippen LogP contribution < -0.4 is 0 Å². The van der Waals surface area contributed by atoms with Crippen molar-refractivity contribution in [2.45, 2.75) is 31.3 Å². The van der Waals surface area contributed by atoms with E-state index < -0.39 is 0 Å². The highest BCUT2D eigenvalue weighted by Crippen LogP contribution is 2.31. The van der Waals surface area contributed by atoms with E-state index in [-0.39, 0.29) is 11.9 Å². The maximum Gasteiger partial charge on any atom is 0.264 e. The summed E-state index contributed by atoms with van der Waals surface area (Å²) < 4.78 is 0.676. The Hall–Kier alpha value is -1.36. The molecule has 0 N–H and O–H groups in total. The molecule has 1 atom stereocenters. The van der Waals surface area contributed by atoms with Gasteiger partial charge in [0.2, 0.25) is 0 Å². The van der Waals surface area contributed by atoms with Crippen LogP contribution in [-0.4, -0.2) is 47.4 Å². The second kappa shape index (κ2) is 6.87. The van der Waals surface area contributed by atoms with Crippen LogP contribution >= 0.6 is 22.9 Å². The second-order valence-electron chi connectivity index (χ2n) is 6.67. The standard InChI is InChI=1S/C19H21ClN2OS/c20-18-9-8-17(24-18)19(23)22-11-10-21(15-6-7-15)13-16(22)12-14-4-2-1-3-5-14/h1-5,8-9,15-16H,6-7,10-13H2/t16-/m0/s1. The molecular weight excluding hydrogens is 340 g/mol. The van der Waals surface area contributed by atoms with Gasteiger partial charge >= 0.3 is 0 Å². The lowest BCUT2D eigenvalue weighted by Crippen LogP contribution is -2.56. The molecule has 1 saturated heterocycles. The lowest BCUT2D eigenvalue weighted by molar-refractivity contribution is 0.0441. The van der Waals surface area contributed by atoms with Gasteiger partial charge in [0.1, 0.15) is 0 Å². The molecule has 1 aliphatic heterocycles. The zero-order valence-corrected chi connectivity index (χ0v) is 15.1. The summed E-state index contributed by atoms with van der Waals surface area (Å²) in [5, 5.41) is 0. The molecule has 2 fully saturated rings. The van der Waals surface area contributed by atoms with Gasteiger partial charge in [-0.1, -0.05) is 41.9 Å². The minimum absolute atomic E-state index is 0.128. The van der Waals surface area contributed by atoms with E-state index in [1.54, 1.807) is 0 Å². The van der Waals surface area contributed by atoms with Gasteiger partial charge in [-0.3, -0.25) is 9.69 Å². The molecule has 3 nitrogen and oxygen atoms in total. The number of amides is 1. The first-order valence-electron chi connectivity index (χ1n) is 8.55. The van der Waals surface area contributed by atoms with Crippen molar-refractivity contribution in [3.05, 3.63) is 57.2 Å². The van der Waals surface area contributed by atoms with Crippen LogP contribution in [0.5, 0.6) is 0 Å². The molecule has 2 aliphatic rings. The van der Waals surface area contributed by atoms with Crippen molar-refractivity contribution in [2.24, 2.45) is 0 Å². The number of thiophene rings is 1. The molecule has 126 valence electrons. The van der Waals surface area contributed by atoms with Crippen LogP contribution in [0.15, 0.2) is 42.5 Å². The fourth-order valence-corrected chi connectivity index (χ4v) is 4.55. The first-order valence-corrected chi connectivity index (χ1v) is 9.74. The zero-order valence-electron chi connectivity index (χ0n) is 13.5. The third-order valence-electron chi connectivity index (χ3n) is 4.94. The Kier molecular flexibility index (Phi) is 4.61. The van der Waals surface area contributed by atoms with E-state index in [1.807, 2.05) is 18.2 Å². The van der Waals surface area contributed by atoms with Gasteiger partial charge in [0.25, 0.3) is 5.91 Å². The van der Waals surface area contributed by atoms with E-state index in [0.29, 0.717) is 4.34 Å². The number of hydrogen-bond donors (Lipinski definition) is 0. The predicted molar refractivity (Wildman–Crippen MR) is 98.9 cm³/mol. The minimum atomic E-state index is 0.128. The van der Waals surface area contributed by atoms with Crippen molar-refractivity contribution in [1.29, 1.82) is 0 Å². The van der Waals surface area contributed by atoms with Gasteiger partial charge in [0, 0.05) is 31.7 Å². The van der Waals surface area contributed by atoms with Gasteiger partial charge in [0.15, 0.2) is 0 Å². The van der Waals surface area contributed by atoms with E-state index in [2.05, 4.69) is 34.1 Å². The fraction of sp³-hybridized carbons (Fsp3) is 0.421. The number of nitrogens with zero attached hydrogens (tertiary/aromatic N) is 2. The largest absolute Gasteiger partial charge is 0.332 e. The van der Waals surface area contributed by atoms with E-state index in [0.717, 1.165) is 37.0 Å². The van der Waals surface area contributed by atoms with Gasteiger partial charge in [0.05, 0.1) is 9.21 Å². The molecule has 24 heavy (non-hydrogen) atoms. The molecule has 2 heterocycles. The number of benzene rings is 1. The van der Waals surface area contributed by atoms with Crippen molar-refractivity contribution in [3.63, 3.8) is 0 Å². The Morgan fingerprint density at radius 2 is 1.92 bits per heavy atom. The van der Waals surface area contributed by atoms with Crippen LogP contribution in [0.3, 0.4) is 0 Å². The molecule has 2 aromatic rings. The van der Waals surface area contributed by atoms with Crippen LogP contribution in [0.25, 0.3) is 0 Å². The summed E-state index contributed by atoms with van der Waals surface area (Å²) in [5.41, 5.74) is 1.29. The highest BCUT2D eigenvalue weighted by Gasteiger charge is 2.37.